The molecule has 2 aromatic carbocycles. The number of aliphatic imine (C=N–C) groups is 1. The summed E-state index contributed by atoms with van der Waals surface area (Å²) >= 11 is 1.15. The highest BCUT2D eigenvalue weighted by Gasteiger charge is 2.33. The molecule has 1 aliphatic heterocycles. The SMILES string of the molecule is CCOC(=O)C1=C(O)/C(=C/c2ccc(-c3ccc(F)cc3)o2)SC1=Nc1ccccc1. The monoisotopic (exact) mass is 435 g/mol. The number of para-hydroxylation sites is 1. The highest BCUT2D eigenvalue weighted by molar-refractivity contribution is 8.18. The van der Waals surface area contributed by atoms with Crippen LogP contribution in [0.1, 0.15) is 12.7 Å². The average Bonchev–Trinajstić information content (AvgIpc) is 3.34. The number of aliphatic hydroxyl groups excluding tert-OH is 1. The molecule has 0 aliphatic carbocycles. The number of furan rings is 1. The Labute approximate surface area is 182 Å². The Kier molecular flexibility index (Phi) is 6.04. The van der Waals surface area contributed by atoms with E-state index in [9.17, 15) is 14.3 Å². The van der Waals surface area contributed by atoms with Gasteiger partial charge in [-0.2, -0.15) is 0 Å². The zero-order valence-electron chi connectivity index (χ0n) is 16.5. The van der Waals surface area contributed by atoms with Gasteiger partial charge < -0.3 is 14.3 Å². The molecule has 0 fully saturated rings. The van der Waals surface area contributed by atoms with Crippen LogP contribution in [0.15, 0.2) is 92.4 Å². The van der Waals surface area contributed by atoms with Crippen molar-refractivity contribution in [1.82, 2.24) is 0 Å². The second kappa shape index (κ2) is 9.06. The summed E-state index contributed by atoms with van der Waals surface area (Å²) in [4.78, 5) is 17.4. The van der Waals surface area contributed by atoms with Gasteiger partial charge in [-0.25, -0.2) is 14.2 Å². The number of esters is 1. The van der Waals surface area contributed by atoms with E-state index in [1.807, 2.05) is 18.2 Å². The molecule has 5 nitrogen and oxygen atoms in total. The van der Waals surface area contributed by atoms with Crippen LogP contribution < -0.4 is 0 Å². The van der Waals surface area contributed by atoms with Crippen LogP contribution in [0.25, 0.3) is 17.4 Å². The first-order chi connectivity index (χ1) is 15.0. The molecule has 3 aromatic rings. The zero-order valence-corrected chi connectivity index (χ0v) is 17.4. The number of thioether (sulfide) groups is 1. The standard InChI is InChI=1S/C24H18FNO4S/c1-2-29-24(28)21-22(27)20(31-23(21)26-17-6-4-3-5-7-17)14-18-12-13-19(30-18)15-8-10-16(25)11-9-15/h3-14,27H,2H2,1H3/b20-14-,26-23?. The molecular formula is C24H18FNO4S. The van der Waals surface area contributed by atoms with Gasteiger partial charge in [-0.3, -0.25) is 0 Å². The van der Waals surface area contributed by atoms with Crippen LogP contribution >= 0.6 is 11.8 Å². The van der Waals surface area contributed by atoms with Gasteiger partial charge in [0.2, 0.25) is 0 Å². The van der Waals surface area contributed by atoms with Gasteiger partial charge >= 0.3 is 5.97 Å². The van der Waals surface area contributed by atoms with Crippen molar-refractivity contribution in [3.8, 4) is 11.3 Å². The molecule has 0 radical (unpaired) electrons. The highest BCUT2D eigenvalue weighted by Crippen LogP contribution is 2.40. The lowest BCUT2D eigenvalue weighted by Crippen LogP contribution is -2.12. The average molecular weight is 435 g/mol. The lowest BCUT2D eigenvalue weighted by molar-refractivity contribution is -0.138. The maximum absolute atomic E-state index is 13.1. The van der Waals surface area contributed by atoms with Crippen LogP contribution in [-0.2, 0) is 9.53 Å². The molecule has 0 unspecified atom stereocenters. The largest absolute Gasteiger partial charge is 0.506 e. The number of nitrogens with zero attached hydrogens (tertiary/aromatic N) is 1. The van der Waals surface area contributed by atoms with Gasteiger partial charge in [-0.15, -0.1) is 0 Å². The number of halogens is 1. The highest BCUT2D eigenvalue weighted by atomic mass is 32.2. The topological polar surface area (TPSA) is 72.0 Å². The summed E-state index contributed by atoms with van der Waals surface area (Å²) in [5, 5.41) is 11.1. The van der Waals surface area contributed by atoms with E-state index in [1.165, 1.54) is 12.1 Å². The number of hydrogen-bond donors (Lipinski definition) is 1. The normalized spacial score (nSPS) is 16.3. The van der Waals surface area contributed by atoms with E-state index in [4.69, 9.17) is 9.15 Å². The molecule has 31 heavy (non-hydrogen) atoms. The molecule has 7 heteroatoms. The van der Waals surface area contributed by atoms with Crippen LogP contribution in [0.2, 0.25) is 0 Å². The van der Waals surface area contributed by atoms with Gasteiger partial charge in [0, 0.05) is 5.56 Å². The number of aliphatic hydroxyl groups is 1. The summed E-state index contributed by atoms with van der Waals surface area (Å²) < 4.78 is 24.1. The molecule has 1 N–H and O–H groups in total. The number of carbonyl (C=O) groups excluding carboxylic acids is 1. The van der Waals surface area contributed by atoms with E-state index in [1.54, 1.807) is 49.4 Å². The van der Waals surface area contributed by atoms with Gasteiger partial charge in [-0.05, 0) is 61.5 Å². The maximum atomic E-state index is 13.1. The molecule has 0 spiro atoms. The number of benzene rings is 2. The Balaban J connectivity index is 1.68. The van der Waals surface area contributed by atoms with Gasteiger partial charge in [0.15, 0.2) is 0 Å². The second-order valence-electron chi connectivity index (χ2n) is 6.52. The summed E-state index contributed by atoms with van der Waals surface area (Å²) in [5.74, 6) is -0.152. The van der Waals surface area contributed by atoms with Crippen LogP contribution in [0.4, 0.5) is 10.1 Å². The minimum Gasteiger partial charge on any atom is -0.506 e. The van der Waals surface area contributed by atoms with Gasteiger partial charge in [-0.1, -0.05) is 30.0 Å². The predicted octanol–water partition coefficient (Wildman–Crippen LogP) is 6.28. The molecule has 1 aliphatic rings. The van der Waals surface area contributed by atoms with E-state index in [0.717, 1.165) is 17.3 Å². The second-order valence-corrected chi connectivity index (χ2v) is 7.55. The quantitative estimate of drug-likeness (QED) is 0.478. The smallest absolute Gasteiger partial charge is 0.344 e. The Morgan fingerprint density at radius 3 is 2.58 bits per heavy atom. The van der Waals surface area contributed by atoms with Crippen molar-refractivity contribution in [3.63, 3.8) is 0 Å². The summed E-state index contributed by atoms with van der Waals surface area (Å²) in [6.45, 7) is 1.87. The molecule has 156 valence electrons. The molecule has 0 bridgehead atoms. The summed E-state index contributed by atoms with van der Waals surface area (Å²) in [7, 11) is 0. The third-order valence-electron chi connectivity index (χ3n) is 4.39. The van der Waals surface area contributed by atoms with Crippen molar-refractivity contribution < 1.29 is 23.4 Å². The number of carbonyl (C=O) groups is 1. The van der Waals surface area contributed by atoms with Crippen LogP contribution in [0.5, 0.6) is 0 Å². The fourth-order valence-corrected chi connectivity index (χ4v) is 3.96. The Morgan fingerprint density at radius 2 is 1.87 bits per heavy atom. The molecule has 4 rings (SSSR count). The summed E-state index contributed by atoms with van der Waals surface area (Å²) in [6.07, 6.45) is 1.62. The first-order valence-electron chi connectivity index (χ1n) is 9.55. The minimum atomic E-state index is -0.642. The molecule has 0 saturated heterocycles. The van der Waals surface area contributed by atoms with Crippen molar-refractivity contribution in [2.75, 3.05) is 6.61 Å². The van der Waals surface area contributed by atoms with E-state index in [2.05, 4.69) is 4.99 Å². The number of hydrogen-bond acceptors (Lipinski definition) is 6. The number of rotatable bonds is 5. The molecular weight excluding hydrogens is 417 g/mol. The van der Waals surface area contributed by atoms with Crippen molar-refractivity contribution in [3.05, 3.63) is 94.5 Å². The third kappa shape index (κ3) is 4.62. The first-order valence-corrected chi connectivity index (χ1v) is 10.4. The van der Waals surface area contributed by atoms with Crippen LogP contribution in [0, 0.1) is 5.82 Å². The van der Waals surface area contributed by atoms with E-state index in [-0.39, 0.29) is 23.8 Å². The predicted molar refractivity (Wildman–Crippen MR) is 119 cm³/mol. The first kappa shape index (κ1) is 20.7. The van der Waals surface area contributed by atoms with E-state index < -0.39 is 5.97 Å². The van der Waals surface area contributed by atoms with Crippen molar-refractivity contribution in [2.45, 2.75) is 6.92 Å². The Bertz CT molecular complexity index is 1190. The summed E-state index contributed by atoms with van der Waals surface area (Å²) in [5.41, 5.74) is 1.40. The van der Waals surface area contributed by atoms with E-state index >= 15 is 0 Å². The zero-order chi connectivity index (χ0) is 21.8. The lowest BCUT2D eigenvalue weighted by Gasteiger charge is -2.03. The third-order valence-corrected chi connectivity index (χ3v) is 5.41. The molecule has 0 atom stereocenters. The minimum absolute atomic E-state index is 0.0206. The van der Waals surface area contributed by atoms with Crippen molar-refractivity contribution in [2.24, 2.45) is 4.99 Å². The number of ether oxygens (including phenoxy) is 1. The Morgan fingerprint density at radius 1 is 1.13 bits per heavy atom. The van der Waals surface area contributed by atoms with Crippen LogP contribution in [-0.4, -0.2) is 22.7 Å². The fourth-order valence-electron chi connectivity index (χ4n) is 2.94. The molecule has 0 amide bonds. The Hall–Kier alpha value is -3.58. The molecule has 2 heterocycles. The van der Waals surface area contributed by atoms with Gasteiger partial charge in [0.1, 0.15) is 33.7 Å². The van der Waals surface area contributed by atoms with Crippen molar-refractivity contribution >= 4 is 34.5 Å². The molecule has 1 aromatic heterocycles. The van der Waals surface area contributed by atoms with E-state index in [0.29, 0.717) is 27.2 Å². The maximum Gasteiger partial charge on any atom is 0.344 e. The van der Waals surface area contributed by atoms with Crippen LogP contribution in [0.3, 0.4) is 0 Å². The lowest BCUT2D eigenvalue weighted by atomic mass is 10.2. The molecule has 0 saturated carbocycles. The van der Waals surface area contributed by atoms with Gasteiger partial charge in [0.05, 0.1) is 17.2 Å². The van der Waals surface area contributed by atoms with Gasteiger partial charge in [0.25, 0.3) is 0 Å². The summed E-state index contributed by atoms with van der Waals surface area (Å²) in [6, 6.07) is 18.6. The fraction of sp³-hybridized carbons (Fsp3) is 0.0833. The van der Waals surface area contributed by atoms with Crippen molar-refractivity contribution in [1.29, 1.82) is 0 Å².